The van der Waals surface area contributed by atoms with E-state index >= 15 is 0 Å². The predicted molar refractivity (Wildman–Crippen MR) is 67.8 cm³/mol. The maximum atomic E-state index is 12.3. The van der Waals surface area contributed by atoms with Crippen molar-refractivity contribution >= 4 is 15.8 Å². The zero-order valence-corrected chi connectivity index (χ0v) is 10.8. The first-order chi connectivity index (χ1) is 8.55. The Morgan fingerprint density at radius 1 is 1.28 bits per heavy atom. The van der Waals surface area contributed by atoms with Crippen LogP contribution in [0.15, 0.2) is 29.2 Å². The van der Waals surface area contributed by atoms with Gasteiger partial charge in [0.2, 0.25) is 10.0 Å². The highest BCUT2D eigenvalue weighted by Gasteiger charge is 2.27. The van der Waals surface area contributed by atoms with Gasteiger partial charge in [0, 0.05) is 18.7 Å². The molecule has 6 heteroatoms. The van der Waals surface area contributed by atoms with Crippen LogP contribution in [0.25, 0.3) is 0 Å². The average molecular weight is 268 g/mol. The van der Waals surface area contributed by atoms with Gasteiger partial charge in [-0.1, -0.05) is 12.1 Å². The summed E-state index contributed by atoms with van der Waals surface area (Å²) in [7, 11) is -3.46. The Hall–Kier alpha value is -1.24. The van der Waals surface area contributed by atoms with Gasteiger partial charge in [0.15, 0.2) is 5.78 Å². The summed E-state index contributed by atoms with van der Waals surface area (Å²) in [5.74, 6) is -0.256. The van der Waals surface area contributed by atoms with Crippen LogP contribution in [0.2, 0.25) is 0 Å². The molecule has 1 heterocycles. The molecule has 1 aromatic carbocycles. The standard InChI is InChI=1S/C12H16N2O3S/c13-9-12(15)10-4-3-5-11(8-10)18(16,17)14-6-1-2-7-14/h3-5,8H,1-2,6-7,9,13H2. The lowest BCUT2D eigenvalue weighted by atomic mass is 10.1. The lowest BCUT2D eigenvalue weighted by Crippen LogP contribution is -2.28. The molecule has 0 bridgehead atoms. The van der Waals surface area contributed by atoms with Gasteiger partial charge in [-0.25, -0.2) is 8.42 Å². The average Bonchev–Trinajstić information content (AvgIpc) is 2.92. The first kappa shape index (κ1) is 13.2. The summed E-state index contributed by atoms with van der Waals surface area (Å²) in [5, 5.41) is 0. The number of nitrogens with zero attached hydrogens (tertiary/aromatic N) is 1. The highest BCUT2D eigenvalue weighted by molar-refractivity contribution is 7.89. The lowest BCUT2D eigenvalue weighted by Gasteiger charge is -2.15. The van der Waals surface area contributed by atoms with Crippen LogP contribution in [0.3, 0.4) is 0 Å². The van der Waals surface area contributed by atoms with E-state index in [-0.39, 0.29) is 17.2 Å². The predicted octanol–water partition coefficient (Wildman–Crippen LogP) is 0.612. The van der Waals surface area contributed by atoms with E-state index in [0.29, 0.717) is 18.7 Å². The second-order valence-electron chi connectivity index (χ2n) is 4.27. The van der Waals surface area contributed by atoms with Crippen LogP contribution >= 0.6 is 0 Å². The van der Waals surface area contributed by atoms with E-state index in [0.717, 1.165) is 12.8 Å². The number of rotatable bonds is 4. The number of nitrogens with two attached hydrogens (primary N) is 1. The smallest absolute Gasteiger partial charge is 0.243 e. The van der Waals surface area contributed by atoms with Gasteiger partial charge in [-0.15, -0.1) is 0 Å². The van der Waals surface area contributed by atoms with E-state index < -0.39 is 10.0 Å². The molecule has 0 aliphatic carbocycles. The maximum absolute atomic E-state index is 12.3. The molecule has 0 aromatic heterocycles. The van der Waals surface area contributed by atoms with Crippen molar-refractivity contribution in [2.45, 2.75) is 17.7 Å². The molecule has 0 radical (unpaired) electrons. The molecule has 2 N–H and O–H groups in total. The molecule has 0 atom stereocenters. The van der Waals surface area contributed by atoms with Crippen LogP contribution in [-0.4, -0.2) is 38.1 Å². The van der Waals surface area contributed by atoms with E-state index in [1.54, 1.807) is 12.1 Å². The van der Waals surface area contributed by atoms with Crippen molar-refractivity contribution < 1.29 is 13.2 Å². The molecule has 18 heavy (non-hydrogen) atoms. The molecule has 0 saturated carbocycles. The van der Waals surface area contributed by atoms with Gasteiger partial charge in [0.05, 0.1) is 11.4 Å². The number of sulfonamides is 1. The second kappa shape index (κ2) is 5.17. The summed E-state index contributed by atoms with van der Waals surface area (Å²) in [6.45, 7) is 0.988. The number of benzene rings is 1. The van der Waals surface area contributed by atoms with Crippen molar-refractivity contribution in [1.82, 2.24) is 4.31 Å². The van der Waals surface area contributed by atoms with Crippen molar-refractivity contribution in [3.63, 3.8) is 0 Å². The molecule has 2 rings (SSSR count). The lowest BCUT2D eigenvalue weighted by molar-refractivity contribution is 0.100. The monoisotopic (exact) mass is 268 g/mol. The minimum Gasteiger partial charge on any atom is -0.324 e. The second-order valence-corrected chi connectivity index (χ2v) is 6.20. The molecular weight excluding hydrogens is 252 g/mol. The van der Waals surface area contributed by atoms with Crippen molar-refractivity contribution in [3.8, 4) is 0 Å². The van der Waals surface area contributed by atoms with Crippen LogP contribution < -0.4 is 5.73 Å². The Morgan fingerprint density at radius 2 is 1.94 bits per heavy atom. The SMILES string of the molecule is NCC(=O)c1cccc(S(=O)(=O)N2CCCC2)c1. The van der Waals surface area contributed by atoms with E-state index in [1.165, 1.54) is 16.4 Å². The van der Waals surface area contributed by atoms with Gasteiger partial charge in [-0.05, 0) is 25.0 Å². The Morgan fingerprint density at radius 3 is 2.56 bits per heavy atom. The van der Waals surface area contributed by atoms with Gasteiger partial charge in [-0.3, -0.25) is 4.79 Å². The Bertz CT molecular complexity index is 548. The first-order valence-corrected chi connectivity index (χ1v) is 7.33. The molecular formula is C12H16N2O3S. The molecule has 1 aromatic rings. The highest BCUT2D eigenvalue weighted by Crippen LogP contribution is 2.21. The fourth-order valence-corrected chi connectivity index (χ4v) is 3.59. The van der Waals surface area contributed by atoms with Gasteiger partial charge in [-0.2, -0.15) is 4.31 Å². The Labute approximate surface area is 107 Å². The van der Waals surface area contributed by atoms with Gasteiger partial charge >= 0.3 is 0 Å². The Kier molecular flexibility index (Phi) is 3.79. The number of hydrogen-bond donors (Lipinski definition) is 1. The van der Waals surface area contributed by atoms with Crippen molar-refractivity contribution in [3.05, 3.63) is 29.8 Å². The molecule has 1 aliphatic rings. The fourth-order valence-electron chi connectivity index (χ4n) is 2.03. The highest BCUT2D eigenvalue weighted by atomic mass is 32.2. The number of Topliss-reactive ketones (excluding diaryl/α,β-unsaturated/α-hetero) is 1. The van der Waals surface area contributed by atoms with Crippen LogP contribution in [0.1, 0.15) is 23.2 Å². The molecule has 5 nitrogen and oxygen atoms in total. The summed E-state index contributed by atoms with van der Waals surface area (Å²) >= 11 is 0. The van der Waals surface area contributed by atoms with Crippen LogP contribution in [-0.2, 0) is 10.0 Å². The largest absolute Gasteiger partial charge is 0.324 e. The van der Waals surface area contributed by atoms with E-state index in [9.17, 15) is 13.2 Å². The third-order valence-electron chi connectivity index (χ3n) is 3.04. The number of hydrogen-bond acceptors (Lipinski definition) is 4. The minimum absolute atomic E-state index is 0.118. The van der Waals surface area contributed by atoms with E-state index in [2.05, 4.69) is 0 Å². The van der Waals surface area contributed by atoms with E-state index in [4.69, 9.17) is 5.73 Å². The number of ketones is 1. The molecule has 0 unspecified atom stereocenters. The van der Waals surface area contributed by atoms with Crippen LogP contribution in [0.4, 0.5) is 0 Å². The third kappa shape index (κ3) is 2.45. The molecule has 1 saturated heterocycles. The molecule has 0 amide bonds. The maximum Gasteiger partial charge on any atom is 0.243 e. The number of carbonyl (C=O) groups excluding carboxylic acids is 1. The first-order valence-electron chi connectivity index (χ1n) is 5.89. The van der Waals surface area contributed by atoms with E-state index in [1.807, 2.05) is 0 Å². The Balaban J connectivity index is 2.35. The van der Waals surface area contributed by atoms with Crippen LogP contribution in [0.5, 0.6) is 0 Å². The fraction of sp³-hybridized carbons (Fsp3) is 0.417. The summed E-state index contributed by atoms with van der Waals surface area (Å²) in [6, 6.07) is 6.08. The van der Waals surface area contributed by atoms with Crippen molar-refractivity contribution in [2.24, 2.45) is 5.73 Å². The molecule has 1 fully saturated rings. The summed E-state index contributed by atoms with van der Waals surface area (Å²) in [6.07, 6.45) is 1.78. The molecule has 98 valence electrons. The molecule has 1 aliphatic heterocycles. The summed E-state index contributed by atoms with van der Waals surface area (Å²) in [5.41, 5.74) is 5.62. The zero-order valence-electron chi connectivity index (χ0n) is 10.0. The summed E-state index contributed by atoms with van der Waals surface area (Å²) in [4.78, 5) is 11.7. The number of carbonyl (C=O) groups is 1. The van der Waals surface area contributed by atoms with Gasteiger partial charge in [0.1, 0.15) is 0 Å². The topological polar surface area (TPSA) is 80.5 Å². The summed E-state index contributed by atoms with van der Waals surface area (Å²) < 4.78 is 26.0. The molecule has 0 spiro atoms. The van der Waals surface area contributed by atoms with Crippen molar-refractivity contribution in [1.29, 1.82) is 0 Å². The van der Waals surface area contributed by atoms with Crippen LogP contribution in [0, 0.1) is 0 Å². The quantitative estimate of drug-likeness (QED) is 0.811. The van der Waals surface area contributed by atoms with Crippen molar-refractivity contribution in [2.75, 3.05) is 19.6 Å². The zero-order chi connectivity index (χ0) is 13.2. The minimum atomic E-state index is -3.46. The van der Waals surface area contributed by atoms with Gasteiger partial charge in [0.25, 0.3) is 0 Å². The third-order valence-corrected chi connectivity index (χ3v) is 4.94. The van der Waals surface area contributed by atoms with Gasteiger partial charge < -0.3 is 5.73 Å². The normalized spacial score (nSPS) is 16.9.